The Hall–Kier alpha value is -1.91. The molecule has 0 unspecified atom stereocenters. The number of aromatic amines is 1. The monoisotopic (exact) mass is 744 g/mol. The number of nitrogens with one attached hydrogen (secondary N) is 1. The molecule has 0 amide bonds. The van der Waals surface area contributed by atoms with Crippen molar-refractivity contribution in [2.45, 2.75) is 231 Å². The number of rotatable bonds is 6. The molecule has 4 aliphatic heterocycles. The van der Waals surface area contributed by atoms with Gasteiger partial charge in [-0.15, -0.1) is 41.1 Å². The van der Waals surface area contributed by atoms with Gasteiger partial charge in [-0.2, -0.15) is 9.97 Å². The van der Waals surface area contributed by atoms with E-state index in [0.29, 0.717) is 57.3 Å². The third-order valence-electron chi connectivity index (χ3n) is 13.0. The predicted octanol–water partition coefficient (Wildman–Crippen LogP) is 6.25. The van der Waals surface area contributed by atoms with Gasteiger partial charge in [0.15, 0.2) is 0 Å². The standard InChI is InChI=1S/C39H69N9O5/c1-32(2)17-25(18-33(3,4)45(32)50)43(26-19-34(5,6)46(51)35(7,8)20-26)29-40-30(42-31(49)41-29)44(27-21-36(9,10)47(52)37(11,12)22-27)28-23-38(13,14)48(53)39(15,16)24-28/h25-28H,17-24H2,1-16H3,(H,40,41,42,49). The molecule has 1 N–H and O–H groups in total. The summed E-state index contributed by atoms with van der Waals surface area (Å²) in [5.74, 6) is 0.650. The van der Waals surface area contributed by atoms with Crippen LogP contribution in [0.2, 0.25) is 0 Å². The summed E-state index contributed by atoms with van der Waals surface area (Å²) in [6.07, 6.45) is 4.17. The molecule has 14 heteroatoms. The second kappa shape index (κ2) is 13.1. The maximum Gasteiger partial charge on any atom is 0.351 e. The van der Waals surface area contributed by atoms with Crippen molar-refractivity contribution in [2.24, 2.45) is 0 Å². The van der Waals surface area contributed by atoms with Crippen LogP contribution in [0.4, 0.5) is 11.9 Å². The fourth-order valence-corrected chi connectivity index (χ4v) is 11.5. The average Bonchev–Trinajstić information content (AvgIpc) is 2.95. The van der Waals surface area contributed by atoms with Gasteiger partial charge in [0.1, 0.15) is 0 Å². The molecule has 5 rings (SSSR count). The van der Waals surface area contributed by atoms with Crippen LogP contribution < -0.4 is 15.5 Å². The molecule has 14 nitrogen and oxygen atoms in total. The highest BCUT2D eigenvalue weighted by Crippen LogP contribution is 2.48. The van der Waals surface area contributed by atoms with Gasteiger partial charge in [0.05, 0.1) is 0 Å². The van der Waals surface area contributed by atoms with E-state index in [1.54, 1.807) is 0 Å². The van der Waals surface area contributed by atoms with Crippen molar-refractivity contribution in [3.05, 3.63) is 10.5 Å². The summed E-state index contributed by atoms with van der Waals surface area (Å²) < 4.78 is 0. The van der Waals surface area contributed by atoms with Crippen LogP contribution in [0.1, 0.15) is 162 Å². The van der Waals surface area contributed by atoms with E-state index in [1.807, 2.05) is 111 Å². The lowest BCUT2D eigenvalue weighted by Crippen LogP contribution is -2.68. The van der Waals surface area contributed by atoms with Crippen LogP contribution in [-0.2, 0) is 20.8 Å². The van der Waals surface area contributed by atoms with E-state index in [9.17, 15) is 25.6 Å². The quantitative estimate of drug-likeness (QED) is 0.356. The molecular weight excluding hydrogens is 674 g/mol. The van der Waals surface area contributed by atoms with Crippen LogP contribution in [-0.4, -0.2) is 104 Å². The van der Waals surface area contributed by atoms with E-state index in [-0.39, 0.29) is 30.1 Å². The van der Waals surface area contributed by atoms with E-state index in [1.165, 1.54) is 20.3 Å². The molecule has 53 heavy (non-hydrogen) atoms. The van der Waals surface area contributed by atoms with Gasteiger partial charge in [-0.3, -0.25) is 4.98 Å². The van der Waals surface area contributed by atoms with Gasteiger partial charge in [-0.1, -0.05) is 0 Å². The normalized spacial score (nSPS) is 29.6. The maximum atomic E-state index is 14.0. The van der Waals surface area contributed by atoms with Gasteiger partial charge >= 0.3 is 5.69 Å². The number of anilines is 2. The molecule has 4 saturated heterocycles. The molecule has 0 aromatic carbocycles. The number of hydroxylamine groups is 8. The first kappa shape index (κ1) is 42.2. The molecule has 0 spiro atoms. The van der Waals surface area contributed by atoms with Crippen LogP contribution in [0.25, 0.3) is 0 Å². The highest BCUT2D eigenvalue weighted by Gasteiger charge is 2.55. The van der Waals surface area contributed by atoms with E-state index in [4.69, 9.17) is 4.98 Å². The second-order valence-corrected chi connectivity index (χ2v) is 22.0. The molecular formula is C39H69N9O5. The summed E-state index contributed by atoms with van der Waals surface area (Å²) >= 11 is 0. The Balaban J connectivity index is 1.72. The number of H-pyrrole nitrogens is 1. The third-order valence-corrected chi connectivity index (χ3v) is 13.0. The second-order valence-electron chi connectivity index (χ2n) is 22.0. The first-order valence-electron chi connectivity index (χ1n) is 19.7. The number of piperidine rings is 4. The van der Waals surface area contributed by atoms with Gasteiger partial charge in [0, 0.05) is 68.5 Å². The summed E-state index contributed by atoms with van der Waals surface area (Å²) in [6, 6.07) is -0.776. The van der Waals surface area contributed by atoms with E-state index in [0.717, 1.165) is 0 Å². The van der Waals surface area contributed by atoms with Crippen LogP contribution in [0.5, 0.6) is 0 Å². The topological polar surface area (TPSA) is 158 Å². The minimum atomic E-state index is -0.710. The smallest absolute Gasteiger partial charge is 0.336 e. The van der Waals surface area contributed by atoms with E-state index in [2.05, 4.69) is 19.8 Å². The molecule has 4 fully saturated rings. The lowest BCUT2D eigenvalue weighted by molar-refractivity contribution is -0.294. The first-order chi connectivity index (χ1) is 23.7. The van der Waals surface area contributed by atoms with Crippen molar-refractivity contribution >= 4 is 11.9 Å². The Morgan fingerprint density at radius 1 is 0.434 bits per heavy atom. The van der Waals surface area contributed by atoms with E-state index < -0.39 is 50.0 Å². The molecule has 0 saturated carbocycles. The lowest BCUT2D eigenvalue weighted by atomic mass is 9.74. The van der Waals surface area contributed by atoms with Crippen molar-refractivity contribution in [3.8, 4) is 0 Å². The van der Waals surface area contributed by atoms with Crippen molar-refractivity contribution in [1.82, 2.24) is 35.2 Å². The molecule has 5 heterocycles. The average molecular weight is 744 g/mol. The minimum Gasteiger partial charge on any atom is -0.336 e. The summed E-state index contributed by atoms with van der Waals surface area (Å²) in [4.78, 5) is 31.3. The van der Waals surface area contributed by atoms with Crippen LogP contribution >= 0.6 is 0 Å². The Morgan fingerprint density at radius 2 is 0.660 bits per heavy atom. The van der Waals surface area contributed by atoms with Crippen molar-refractivity contribution in [3.63, 3.8) is 0 Å². The van der Waals surface area contributed by atoms with Gasteiger partial charge in [-0.05, 0) is 162 Å². The highest BCUT2D eigenvalue weighted by molar-refractivity contribution is 5.44. The van der Waals surface area contributed by atoms with Gasteiger partial charge in [0.25, 0.3) is 0 Å². The number of hydrogen-bond acceptors (Lipinski definition) is 9. The van der Waals surface area contributed by atoms with Crippen LogP contribution in [0.3, 0.4) is 0 Å². The number of hydrogen-bond donors (Lipinski definition) is 1. The molecule has 300 valence electrons. The van der Waals surface area contributed by atoms with Gasteiger partial charge in [0.2, 0.25) is 11.9 Å². The number of aromatic nitrogens is 3. The van der Waals surface area contributed by atoms with Crippen molar-refractivity contribution in [1.29, 1.82) is 0 Å². The zero-order chi connectivity index (χ0) is 40.3. The molecule has 0 bridgehead atoms. The van der Waals surface area contributed by atoms with Crippen LogP contribution in [0, 0.1) is 0 Å². The molecule has 0 atom stereocenters. The summed E-state index contributed by atoms with van der Waals surface area (Å²) in [5, 5.41) is 59.3. The fourth-order valence-electron chi connectivity index (χ4n) is 11.5. The zero-order valence-electron chi connectivity index (χ0n) is 35.6. The van der Waals surface area contributed by atoms with Crippen LogP contribution in [0.15, 0.2) is 4.79 Å². The highest BCUT2D eigenvalue weighted by atomic mass is 16.5. The first-order valence-corrected chi connectivity index (χ1v) is 19.7. The number of nitrogens with zero attached hydrogens (tertiary/aromatic N) is 8. The minimum absolute atomic E-state index is 0.185. The molecule has 1 aromatic rings. The molecule has 4 aliphatic rings. The van der Waals surface area contributed by atoms with Gasteiger partial charge < -0.3 is 9.80 Å². The lowest BCUT2D eigenvalue weighted by Gasteiger charge is -2.57. The largest absolute Gasteiger partial charge is 0.351 e. The Kier molecular flexibility index (Phi) is 10.4. The van der Waals surface area contributed by atoms with E-state index >= 15 is 0 Å². The summed E-state index contributed by atoms with van der Waals surface area (Å²) in [7, 11) is 0. The fraction of sp³-hybridized carbons (Fsp3) is 0.923. The van der Waals surface area contributed by atoms with Gasteiger partial charge in [-0.25, -0.2) is 4.79 Å². The Morgan fingerprint density at radius 3 is 0.906 bits per heavy atom. The summed E-state index contributed by atoms with van der Waals surface area (Å²) in [5.41, 5.74) is -6.20. The Labute approximate surface area is 318 Å². The summed E-state index contributed by atoms with van der Waals surface area (Å²) in [6.45, 7) is 31.4. The third kappa shape index (κ3) is 7.77. The van der Waals surface area contributed by atoms with Crippen molar-refractivity contribution < 1.29 is 20.8 Å². The maximum absolute atomic E-state index is 14.0. The zero-order valence-corrected chi connectivity index (χ0v) is 35.6. The van der Waals surface area contributed by atoms with Crippen molar-refractivity contribution in [2.75, 3.05) is 9.80 Å². The molecule has 4 radical (unpaired) electrons. The predicted molar refractivity (Wildman–Crippen MR) is 202 cm³/mol. The molecule has 1 aromatic heterocycles. The molecule has 0 aliphatic carbocycles. The SMILES string of the molecule is CC1(C)CC(N(c2nc(N(C3CC(C)(C)N([O])C(C)(C)C3)C3CC(C)(C)N([O])C(C)(C)C3)[nH]c(=O)n2)C2CC(C)(C)N([O])C(C)(C)C2)CC(C)(C)N1[O]. The Bertz CT molecular complexity index is 1300.